The van der Waals surface area contributed by atoms with Gasteiger partial charge in [0.1, 0.15) is 6.61 Å². The predicted octanol–water partition coefficient (Wildman–Crippen LogP) is 3.74. The molecule has 0 spiro atoms. The largest absolute Gasteiger partial charge is 0.385 e. The first-order valence-corrected chi connectivity index (χ1v) is 5.65. The summed E-state index contributed by atoms with van der Waals surface area (Å²) in [6.07, 6.45) is 2.54. The Hall–Kier alpha value is -0.820. The van der Waals surface area contributed by atoms with Crippen LogP contribution in [-0.4, -0.2) is 5.11 Å². The molecule has 0 unspecified atom stereocenters. The Balaban J connectivity index is 2.53. The first-order chi connectivity index (χ1) is 7.04. The molecule has 0 aromatic heterocycles. The number of aliphatic hydroxyl groups excluding tert-OH is 1. The molecule has 15 heavy (non-hydrogen) atoms. The van der Waals surface area contributed by atoms with Crippen molar-refractivity contribution in [2.24, 2.45) is 0 Å². The smallest absolute Gasteiger partial charge is 0.109 e. The van der Waals surface area contributed by atoms with Crippen LogP contribution in [0.2, 0.25) is 0 Å². The summed E-state index contributed by atoms with van der Waals surface area (Å²) >= 11 is 0. The van der Waals surface area contributed by atoms with Gasteiger partial charge in [0.25, 0.3) is 0 Å². The molecule has 1 aromatic carbocycles. The second kappa shape index (κ2) is 3.64. The molecule has 2 rings (SSSR count). The van der Waals surface area contributed by atoms with E-state index in [4.69, 9.17) is 0 Å². The summed E-state index contributed by atoms with van der Waals surface area (Å²) in [5.74, 6) is 0.679. The van der Waals surface area contributed by atoms with Gasteiger partial charge in [-0.05, 0) is 40.9 Å². The van der Waals surface area contributed by atoms with Crippen LogP contribution in [0.5, 0.6) is 0 Å². The molecule has 0 bridgehead atoms. The summed E-state index contributed by atoms with van der Waals surface area (Å²) in [7, 11) is 0. The van der Waals surface area contributed by atoms with Crippen molar-refractivity contribution in [3.05, 3.63) is 41.5 Å². The number of aliphatic hydroxyl groups is 1. The van der Waals surface area contributed by atoms with Crippen LogP contribution in [0, 0.1) is 6.61 Å². The van der Waals surface area contributed by atoms with Crippen molar-refractivity contribution in [3.63, 3.8) is 0 Å². The van der Waals surface area contributed by atoms with E-state index in [0.29, 0.717) is 5.92 Å². The van der Waals surface area contributed by atoms with E-state index in [-0.39, 0.29) is 5.41 Å². The SMILES string of the molecule is CC(C)(C)c1cccc([CH]O)c1C1CC1. The second-order valence-electron chi connectivity index (χ2n) is 5.46. The monoisotopic (exact) mass is 203 g/mol. The van der Waals surface area contributed by atoms with E-state index in [9.17, 15) is 5.11 Å². The Labute approximate surface area is 92.1 Å². The van der Waals surface area contributed by atoms with E-state index in [2.05, 4.69) is 26.8 Å². The van der Waals surface area contributed by atoms with E-state index in [0.717, 1.165) is 5.56 Å². The van der Waals surface area contributed by atoms with Crippen LogP contribution in [0.3, 0.4) is 0 Å². The number of benzene rings is 1. The highest BCUT2D eigenvalue weighted by Gasteiger charge is 2.31. The molecule has 1 saturated carbocycles. The van der Waals surface area contributed by atoms with Crippen molar-refractivity contribution >= 4 is 0 Å². The normalized spacial score (nSPS) is 16.8. The average molecular weight is 203 g/mol. The molecule has 1 N–H and O–H groups in total. The highest BCUT2D eigenvalue weighted by molar-refractivity contribution is 5.45. The quantitative estimate of drug-likeness (QED) is 0.776. The molecule has 81 valence electrons. The number of rotatable bonds is 2. The van der Waals surface area contributed by atoms with Gasteiger partial charge in [-0.1, -0.05) is 39.0 Å². The summed E-state index contributed by atoms with van der Waals surface area (Å²) in [6.45, 7) is 7.95. The first kappa shape index (κ1) is 10.7. The van der Waals surface area contributed by atoms with Gasteiger partial charge in [0, 0.05) is 0 Å². The lowest BCUT2D eigenvalue weighted by atomic mass is 9.81. The summed E-state index contributed by atoms with van der Waals surface area (Å²) in [4.78, 5) is 0. The third kappa shape index (κ3) is 2.07. The van der Waals surface area contributed by atoms with E-state index in [1.165, 1.54) is 30.6 Å². The van der Waals surface area contributed by atoms with Gasteiger partial charge >= 0.3 is 0 Å². The Morgan fingerprint density at radius 2 is 1.93 bits per heavy atom. The lowest BCUT2D eigenvalue weighted by Gasteiger charge is -2.24. The molecule has 1 radical (unpaired) electrons. The van der Waals surface area contributed by atoms with Crippen LogP contribution in [0.1, 0.15) is 56.2 Å². The number of hydrogen-bond acceptors (Lipinski definition) is 1. The van der Waals surface area contributed by atoms with Crippen molar-refractivity contribution in [1.29, 1.82) is 0 Å². The standard InChI is InChI=1S/C14H19O/c1-14(2,3)12-6-4-5-11(9-15)13(12)10-7-8-10/h4-6,9-10,15H,7-8H2,1-3H3. The molecule has 0 aliphatic heterocycles. The van der Waals surface area contributed by atoms with Crippen molar-refractivity contribution in [2.75, 3.05) is 0 Å². The van der Waals surface area contributed by atoms with Gasteiger partial charge in [-0.3, -0.25) is 0 Å². The van der Waals surface area contributed by atoms with Crippen molar-refractivity contribution < 1.29 is 5.11 Å². The molecule has 0 heterocycles. The lowest BCUT2D eigenvalue weighted by Crippen LogP contribution is -2.15. The van der Waals surface area contributed by atoms with Gasteiger partial charge in [-0.25, -0.2) is 0 Å². The topological polar surface area (TPSA) is 20.2 Å². The minimum Gasteiger partial charge on any atom is -0.385 e. The molecule has 0 amide bonds. The molecule has 0 atom stereocenters. The fourth-order valence-corrected chi connectivity index (χ4v) is 2.18. The molecule has 1 aromatic rings. The summed E-state index contributed by atoms with van der Waals surface area (Å²) in [5.41, 5.74) is 3.92. The van der Waals surface area contributed by atoms with E-state index in [1.54, 1.807) is 0 Å². The maximum atomic E-state index is 9.26. The third-order valence-corrected chi connectivity index (χ3v) is 3.07. The molecule has 1 aliphatic rings. The highest BCUT2D eigenvalue weighted by Crippen LogP contribution is 2.46. The molecule has 1 heteroatoms. The van der Waals surface area contributed by atoms with Crippen LogP contribution in [0.25, 0.3) is 0 Å². The third-order valence-electron chi connectivity index (χ3n) is 3.07. The van der Waals surface area contributed by atoms with E-state index >= 15 is 0 Å². The molecule has 1 nitrogen and oxygen atoms in total. The summed E-state index contributed by atoms with van der Waals surface area (Å²) in [6, 6.07) is 6.23. The van der Waals surface area contributed by atoms with Crippen LogP contribution >= 0.6 is 0 Å². The summed E-state index contributed by atoms with van der Waals surface area (Å²) < 4.78 is 0. The highest BCUT2D eigenvalue weighted by atomic mass is 16.3. The molecule has 1 fully saturated rings. The second-order valence-corrected chi connectivity index (χ2v) is 5.46. The van der Waals surface area contributed by atoms with Crippen molar-refractivity contribution in [3.8, 4) is 0 Å². The average Bonchev–Trinajstić information content (AvgIpc) is 2.98. The minimum absolute atomic E-state index is 0.164. The summed E-state index contributed by atoms with van der Waals surface area (Å²) in [5, 5.41) is 9.26. The maximum Gasteiger partial charge on any atom is 0.109 e. The van der Waals surface area contributed by atoms with Crippen LogP contribution in [0.15, 0.2) is 18.2 Å². The van der Waals surface area contributed by atoms with Gasteiger partial charge in [0.2, 0.25) is 0 Å². The van der Waals surface area contributed by atoms with Crippen LogP contribution in [0.4, 0.5) is 0 Å². The fraction of sp³-hybridized carbons (Fsp3) is 0.500. The lowest BCUT2D eigenvalue weighted by molar-refractivity contribution is 0.413. The minimum atomic E-state index is 0.164. The maximum absolute atomic E-state index is 9.26. The van der Waals surface area contributed by atoms with E-state index in [1.807, 2.05) is 12.1 Å². The fourth-order valence-electron chi connectivity index (χ4n) is 2.18. The van der Waals surface area contributed by atoms with Crippen LogP contribution < -0.4 is 0 Å². The Morgan fingerprint density at radius 1 is 1.27 bits per heavy atom. The first-order valence-electron chi connectivity index (χ1n) is 5.65. The van der Waals surface area contributed by atoms with Crippen molar-refractivity contribution in [1.82, 2.24) is 0 Å². The molecular formula is C14H19O. The van der Waals surface area contributed by atoms with E-state index < -0.39 is 0 Å². The van der Waals surface area contributed by atoms with Gasteiger partial charge in [0.15, 0.2) is 0 Å². The zero-order valence-electron chi connectivity index (χ0n) is 9.75. The van der Waals surface area contributed by atoms with Crippen molar-refractivity contribution in [2.45, 2.75) is 44.9 Å². The molecular weight excluding hydrogens is 184 g/mol. The van der Waals surface area contributed by atoms with Gasteiger partial charge in [0.05, 0.1) is 0 Å². The Bertz CT molecular complexity index is 356. The zero-order valence-corrected chi connectivity index (χ0v) is 9.75. The predicted molar refractivity (Wildman–Crippen MR) is 62.5 cm³/mol. The van der Waals surface area contributed by atoms with Crippen LogP contribution in [-0.2, 0) is 5.41 Å². The van der Waals surface area contributed by atoms with Gasteiger partial charge < -0.3 is 5.11 Å². The number of hydrogen-bond donors (Lipinski definition) is 1. The molecule has 1 aliphatic carbocycles. The Kier molecular flexibility index (Phi) is 2.59. The zero-order chi connectivity index (χ0) is 11.1. The Morgan fingerprint density at radius 3 is 2.40 bits per heavy atom. The van der Waals surface area contributed by atoms with Gasteiger partial charge in [-0.15, -0.1) is 0 Å². The van der Waals surface area contributed by atoms with Gasteiger partial charge in [-0.2, -0.15) is 0 Å². The molecule has 0 saturated heterocycles.